The summed E-state index contributed by atoms with van der Waals surface area (Å²) in [5.74, 6) is 0.594. The molecule has 2 amide bonds. The summed E-state index contributed by atoms with van der Waals surface area (Å²) >= 11 is 0. The van der Waals surface area contributed by atoms with E-state index in [1.807, 2.05) is 71.2 Å². The first-order chi connectivity index (χ1) is 17.1. The molecule has 2 aromatic carbocycles. The minimum absolute atomic E-state index is 0.126. The van der Waals surface area contributed by atoms with Crippen LogP contribution in [0, 0.1) is 12.7 Å². The van der Waals surface area contributed by atoms with Crippen LogP contribution < -0.4 is 5.32 Å². The van der Waals surface area contributed by atoms with Gasteiger partial charge >= 0.3 is 6.03 Å². The Balaban J connectivity index is 1.53. The molecule has 7 heteroatoms. The van der Waals surface area contributed by atoms with E-state index in [0.717, 1.165) is 59.7 Å². The summed E-state index contributed by atoms with van der Waals surface area (Å²) < 4.78 is 18.4. The molecule has 1 N–H and O–H groups in total. The largest absolute Gasteiger partial charge is 0.335 e. The zero-order valence-electron chi connectivity index (χ0n) is 19.7. The highest BCUT2D eigenvalue weighted by atomic mass is 19.1. The van der Waals surface area contributed by atoms with Crippen molar-refractivity contribution in [3.05, 3.63) is 101 Å². The van der Waals surface area contributed by atoms with Crippen molar-refractivity contribution in [2.75, 3.05) is 0 Å². The molecule has 1 saturated carbocycles. The van der Waals surface area contributed by atoms with E-state index in [-0.39, 0.29) is 17.9 Å². The van der Waals surface area contributed by atoms with E-state index in [2.05, 4.69) is 9.88 Å². The molecule has 3 heterocycles. The second kappa shape index (κ2) is 8.73. The topological polar surface area (TPSA) is 55.1 Å². The van der Waals surface area contributed by atoms with Gasteiger partial charge in [0.25, 0.3) is 0 Å². The first-order valence-corrected chi connectivity index (χ1v) is 12.2. The van der Waals surface area contributed by atoms with Gasteiger partial charge in [0.2, 0.25) is 0 Å². The summed E-state index contributed by atoms with van der Waals surface area (Å²) in [5, 5.41) is 8.13. The van der Waals surface area contributed by atoms with Gasteiger partial charge in [-0.1, -0.05) is 43.2 Å². The maximum absolute atomic E-state index is 14.4. The fourth-order valence-corrected chi connectivity index (χ4v) is 5.50. The predicted octanol–water partition coefficient (Wildman–Crippen LogP) is 5.67. The van der Waals surface area contributed by atoms with Crippen LogP contribution in [-0.2, 0) is 6.54 Å². The molecule has 0 unspecified atom stereocenters. The number of hydrogen-bond donors (Lipinski definition) is 1. The Morgan fingerprint density at radius 2 is 1.83 bits per heavy atom. The number of carbonyl (C=O) groups excluding carboxylic acids is 1. The lowest BCUT2D eigenvalue weighted by atomic mass is 10.0. The number of nitrogens with one attached hydrogen (secondary N) is 1. The highest BCUT2D eigenvalue weighted by molar-refractivity contribution is 5.76. The summed E-state index contributed by atoms with van der Waals surface area (Å²) in [4.78, 5) is 15.6. The van der Waals surface area contributed by atoms with Gasteiger partial charge in [0, 0.05) is 17.8 Å². The standard InChI is InChI=1S/C28H28FN5O/c1-19-24-18-33(28(35)30-22-11-5-6-12-22)26(20-9-7-10-21(29)17-20)25-15-8-16-32(25)27(24)34(31-19)23-13-3-2-4-14-23/h2-4,7-10,13-17,22,26H,5-6,11-12,18H2,1H3,(H,30,35)/t26-/m1/s1. The van der Waals surface area contributed by atoms with Crippen LogP contribution in [0.15, 0.2) is 72.9 Å². The van der Waals surface area contributed by atoms with Crippen molar-refractivity contribution in [2.45, 2.75) is 51.2 Å². The highest BCUT2D eigenvalue weighted by Gasteiger charge is 2.36. The molecular formula is C28H28FN5O. The van der Waals surface area contributed by atoms with Crippen LogP contribution in [0.4, 0.5) is 9.18 Å². The molecule has 0 spiro atoms. The number of urea groups is 1. The molecule has 4 aromatic rings. The molecule has 1 aliphatic heterocycles. The van der Waals surface area contributed by atoms with Crippen LogP contribution in [0.1, 0.15) is 54.2 Å². The highest BCUT2D eigenvalue weighted by Crippen LogP contribution is 2.38. The number of aromatic nitrogens is 3. The number of halogens is 1. The second-order valence-electron chi connectivity index (χ2n) is 9.45. The van der Waals surface area contributed by atoms with E-state index in [0.29, 0.717) is 6.54 Å². The van der Waals surface area contributed by atoms with Crippen LogP contribution in [0.3, 0.4) is 0 Å². The molecule has 1 aliphatic carbocycles. The minimum Gasteiger partial charge on any atom is -0.335 e. The normalized spacial score (nSPS) is 17.7. The number of fused-ring (bicyclic) bond motifs is 3. The SMILES string of the molecule is Cc1nn(-c2ccccc2)c2c1CN(C(=O)NC1CCCC1)[C@H](c1cccc(F)c1)c1cccn1-2. The molecule has 35 heavy (non-hydrogen) atoms. The smallest absolute Gasteiger partial charge is 0.318 e. The molecular weight excluding hydrogens is 441 g/mol. The lowest BCUT2D eigenvalue weighted by Gasteiger charge is -2.32. The third-order valence-corrected chi connectivity index (χ3v) is 7.19. The third kappa shape index (κ3) is 3.81. The first kappa shape index (κ1) is 21.6. The molecule has 6 rings (SSSR count). The molecule has 1 atom stereocenters. The van der Waals surface area contributed by atoms with Gasteiger partial charge in [-0.05, 0) is 61.7 Å². The van der Waals surface area contributed by atoms with E-state index < -0.39 is 6.04 Å². The van der Waals surface area contributed by atoms with Crippen LogP contribution >= 0.6 is 0 Å². The van der Waals surface area contributed by atoms with Crippen LogP contribution in [-0.4, -0.2) is 31.3 Å². The van der Waals surface area contributed by atoms with Gasteiger partial charge in [0.15, 0.2) is 0 Å². The molecule has 6 nitrogen and oxygen atoms in total. The third-order valence-electron chi connectivity index (χ3n) is 7.19. The zero-order valence-corrected chi connectivity index (χ0v) is 19.7. The number of para-hydroxylation sites is 1. The molecule has 0 saturated heterocycles. The van der Waals surface area contributed by atoms with Gasteiger partial charge in [-0.15, -0.1) is 0 Å². The summed E-state index contributed by atoms with van der Waals surface area (Å²) in [7, 11) is 0. The van der Waals surface area contributed by atoms with E-state index in [4.69, 9.17) is 5.10 Å². The second-order valence-corrected chi connectivity index (χ2v) is 9.45. The summed E-state index contributed by atoms with van der Waals surface area (Å²) in [6.45, 7) is 2.35. The maximum atomic E-state index is 14.4. The quantitative estimate of drug-likeness (QED) is 0.420. The van der Waals surface area contributed by atoms with Crippen LogP contribution in [0.5, 0.6) is 0 Å². The molecule has 2 aromatic heterocycles. The Labute approximate surface area is 204 Å². The van der Waals surface area contributed by atoms with Gasteiger partial charge in [0.05, 0.1) is 29.7 Å². The summed E-state index contributed by atoms with van der Waals surface area (Å²) in [5.41, 5.74) is 4.43. The van der Waals surface area contributed by atoms with Gasteiger partial charge in [-0.25, -0.2) is 13.9 Å². The number of amides is 2. The lowest BCUT2D eigenvalue weighted by Crippen LogP contribution is -2.45. The van der Waals surface area contributed by atoms with Crippen molar-refractivity contribution in [3.8, 4) is 11.5 Å². The van der Waals surface area contributed by atoms with E-state index in [1.54, 1.807) is 6.07 Å². The van der Waals surface area contributed by atoms with Crippen LogP contribution in [0.25, 0.3) is 11.5 Å². The monoisotopic (exact) mass is 469 g/mol. The average Bonchev–Trinajstić information content (AvgIpc) is 3.59. The van der Waals surface area contributed by atoms with Crippen molar-refractivity contribution in [3.63, 3.8) is 0 Å². The van der Waals surface area contributed by atoms with Crippen LogP contribution in [0.2, 0.25) is 0 Å². The zero-order chi connectivity index (χ0) is 23.9. The Hall–Kier alpha value is -3.87. The van der Waals surface area contributed by atoms with Gasteiger partial charge in [0.1, 0.15) is 11.6 Å². The summed E-state index contributed by atoms with van der Waals surface area (Å²) in [6.07, 6.45) is 6.26. The molecule has 1 fully saturated rings. The Bertz CT molecular complexity index is 1370. The number of hydrogen-bond acceptors (Lipinski definition) is 2. The van der Waals surface area contributed by atoms with Crippen molar-refractivity contribution in [2.24, 2.45) is 0 Å². The fourth-order valence-electron chi connectivity index (χ4n) is 5.50. The first-order valence-electron chi connectivity index (χ1n) is 12.2. The number of nitrogens with zero attached hydrogens (tertiary/aromatic N) is 4. The minimum atomic E-state index is -0.446. The van der Waals surface area contributed by atoms with Crippen molar-refractivity contribution in [1.29, 1.82) is 0 Å². The maximum Gasteiger partial charge on any atom is 0.318 e. The Morgan fingerprint density at radius 1 is 1.03 bits per heavy atom. The Morgan fingerprint density at radius 3 is 2.60 bits per heavy atom. The van der Waals surface area contributed by atoms with Gasteiger partial charge in [-0.2, -0.15) is 5.10 Å². The number of benzene rings is 2. The number of aryl methyl sites for hydroxylation is 1. The average molecular weight is 470 g/mol. The number of rotatable bonds is 3. The van der Waals surface area contributed by atoms with Crippen molar-refractivity contribution >= 4 is 6.03 Å². The molecule has 0 bridgehead atoms. The van der Waals surface area contributed by atoms with E-state index in [1.165, 1.54) is 12.1 Å². The van der Waals surface area contributed by atoms with Crippen molar-refractivity contribution in [1.82, 2.24) is 24.6 Å². The fraction of sp³-hybridized carbons (Fsp3) is 0.286. The molecule has 178 valence electrons. The summed E-state index contributed by atoms with van der Waals surface area (Å²) in [6, 6.07) is 20.2. The lowest BCUT2D eigenvalue weighted by molar-refractivity contribution is 0.176. The predicted molar refractivity (Wildman–Crippen MR) is 132 cm³/mol. The Kier molecular flexibility index (Phi) is 5.40. The van der Waals surface area contributed by atoms with Gasteiger partial charge < -0.3 is 14.8 Å². The van der Waals surface area contributed by atoms with Crippen molar-refractivity contribution < 1.29 is 9.18 Å². The van der Waals surface area contributed by atoms with E-state index in [9.17, 15) is 9.18 Å². The molecule has 2 aliphatic rings. The number of carbonyl (C=O) groups is 1. The molecule has 0 radical (unpaired) electrons. The van der Waals surface area contributed by atoms with E-state index >= 15 is 0 Å². The van der Waals surface area contributed by atoms with Gasteiger partial charge in [-0.3, -0.25) is 0 Å².